The zero-order valence-electron chi connectivity index (χ0n) is 12.9. The first-order valence-electron chi connectivity index (χ1n) is 7.51. The van der Waals surface area contributed by atoms with Gasteiger partial charge in [-0.25, -0.2) is 9.97 Å². The summed E-state index contributed by atoms with van der Waals surface area (Å²) in [5.74, 6) is 0.155. The number of aromatic hydroxyl groups is 1. The van der Waals surface area contributed by atoms with Crippen molar-refractivity contribution in [2.75, 3.05) is 11.9 Å². The molecule has 6 nitrogen and oxygen atoms in total. The highest BCUT2D eigenvalue weighted by molar-refractivity contribution is 7.25. The normalized spacial score (nSPS) is 11.2. The second-order valence-electron chi connectivity index (χ2n) is 5.28. The van der Waals surface area contributed by atoms with E-state index in [1.165, 1.54) is 22.2 Å². The molecule has 0 radical (unpaired) electrons. The third-order valence-corrected chi connectivity index (χ3v) is 4.85. The van der Waals surface area contributed by atoms with Crippen LogP contribution >= 0.6 is 11.3 Å². The monoisotopic (exact) mass is 338 g/mol. The van der Waals surface area contributed by atoms with E-state index in [1.807, 2.05) is 13.0 Å². The highest BCUT2D eigenvalue weighted by atomic mass is 32.1. The largest absolute Gasteiger partial charge is 0.508 e. The Kier molecular flexibility index (Phi) is 3.42. The number of aromatic nitrogens is 3. The number of anilines is 1. The Labute approximate surface area is 141 Å². The maximum Gasteiger partial charge on any atom is 0.275 e. The van der Waals surface area contributed by atoms with Crippen LogP contribution in [0.3, 0.4) is 0 Å². The molecule has 0 fully saturated rings. The van der Waals surface area contributed by atoms with Gasteiger partial charge in [-0.2, -0.15) is 0 Å². The standard InChI is InChI=1S/C17H14N4O2S/c1-2-18-12-7-8-19-16-13(12)14-15(24-16)17(23)21(9-20-14)10-3-5-11(22)6-4-10/h3-9,22H,2H2,1H3,(H,18,19). The molecular formula is C17H14N4O2S. The summed E-state index contributed by atoms with van der Waals surface area (Å²) in [6, 6.07) is 8.34. The Morgan fingerprint density at radius 3 is 2.75 bits per heavy atom. The van der Waals surface area contributed by atoms with Gasteiger partial charge >= 0.3 is 0 Å². The smallest absolute Gasteiger partial charge is 0.275 e. The summed E-state index contributed by atoms with van der Waals surface area (Å²) in [4.78, 5) is 22.5. The lowest BCUT2D eigenvalue weighted by atomic mass is 10.2. The maximum absolute atomic E-state index is 12.9. The third kappa shape index (κ3) is 2.21. The summed E-state index contributed by atoms with van der Waals surface area (Å²) in [5, 5.41) is 13.6. The predicted molar refractivity (Wildman–Crippen MR) is 96.3 cm³/mol. The summed E-state index contributed by atoms with van der Waals surface area (Å²) in [7, 11) is 0. The van der Waals surface area contributed by atoms with Crippen LogP contribution in [0.25, 0.3) is 26.1 Å². The highest BCUT2D eigenvalue weighted by Gasteiger charge is 2.15. The topological polar surface area (TPSA) is 80.0 Å². The molecule has 120 valence electrons. The molecule has 2 N–H and O–H groups in total. The van der Waals surface area contributed by atoms with E-state index in [9.17, 15) is 9.90 Å². The Hall–Kier alpha value is -2.93. The molecule has 0 aliphatic heterocycles. The van der Waals surface area contributed by atoms with Crippen LogP contribution in [0.15, 0.2) is 47.7 Å². The second kappa shape index (κ2) is 5.61. The number of rotatable bonds is 3. The van der Waals surface area contributed by atoms with Crippen LogP contribution in [0, 0.1) is 0 Å². The lowest BCUT2D eigenvalue weighted by molar-refractivity contribution is 0.475. The van der Waals surface area contributed by atoms with Crippen molar-refractivity contribution >= 4 is 37.5 Å². The summed E-state index contributed by atoms with van der Waals surface area (Å²) in [5.41, 5.74) is 2.11. The fraction of sp³-hybridized carbons (Fsp3) is 0.118. The summed E-state index contributed by atoms with van der Waals surface area (Å²) >= 11 is 1.34. The van der Waals surface area contributed by atoms with Crippen molar-refractivity contribution in [1.29, 1.82) is 0 Å². The molecule has 3 heterocycles. The first-order valence-corrected chi connectivity index (χ1v) is 8.33. The lowest BCUT2D eigenvalue weighted by Gasteiger charge is -2.06. The Morgan fingerprint density at radius 1 is 1.21 bits per heavy atom. The Balaban J connectivity index is 2.00. The van der Waals surface area contributed by atoms with Crippen LogP contribution in [-0.4, -0.2) is 26.2 Å². The van der Waals surface area contributed by atoms with Crippen LogP contribution in [0.1, 0.15) is 6.92 Å². The van der Waals surface area contributed by atoms with Crippen molar-refractivity contribution in [3.8, 4) is 11.4 Å². The van der Waals surface area contributed by atoms with Crippen molar-refractivity contribution in [3.63, 3.8) is 0 Å². The molecule has 24 heavy (non-hydrogen) atoms. The minimum atomic E-state index is -0.142. The van der Waals surface area contributed by atoms with E-state index in [4.69, 9.17) is 0 Å². The predicted octanol–water partition coefficient (Wildman–Crippen LogP) is 3.13. The van der Waals surface area contributed by atoms with Crippen LogP contribution < -0.4 is 10.9 Å². The fourth-order valence-corrected chi connectivity index (χ4v) is 3.74. The van der Waals surface area contributed by atoms with Gasteiger partial charge in [-0.3, -0.25) is 9.36 Å². The lowest BCUT2D eigenvalue weighted by Crippen LogP contribution is -2.17. The van der Waals surface area contributed by atoms with Gasteiger partial charge in [-0.05, 0) is 37.3 Å². The highest BCUT2D eigenvalue weighted by Crippen LogP contribution is 2.34. The second-order valence-corrected chi connectivity index (χ2v) is 6.28. The molecule has 4 aromatic rings. The van der Waals surface area contributed by atoms with E-state index in [-0.39, 0.29) is 11.3 Å². The van der Waals surface area contributed by atoms with E-state index in [0.29, 0.717) is 15.9 Å². The molecule has 0 amide bonds. The average molecular weight is 338 g/mol. The fourth-order valence-electron chi connectivity index (χ4n) is 2.69. The SMILES string of the molecule is CCNc1ccnc2sc3c(=O)n(-c4ccc(O)cc4)cnc3c12. The molecule has 7 heteroatoms. The number of hydrogen-bond acceptors (Lipinski definition) is 6. The van der Waals surface area contributed by atoms with Gasteiger partial charge in [0.15, 0.2) is 0 Å². The van der Waals surface area contributed by atoms with E-state index in [2.05, 4.69) is 15.3 Å². The van der Waals surface area contributed by atoms with Crippen LogP contribution in [0.2, 0.25) is 0 Å². The van der Waals surface area contributed by atoms with E-state index < -0.39 is 0 Å². The van der Waals surface area contributed by atoms with Gasteiger partial charge in [0.1, 0.15) is 21.6 Å². The quantitative estimate of drug-likeness (QED) is 0.600. The molecule has 0 aliphatic rings. The van der Waals surface area contributed by atoms with Crippen LogP contribution in [0.5, 0.6) is 5.75 Å². The number of thiophene rings is 1. The van der Waals surface area contributed by atoms with Crippen molar-refractivity contribution in [2.45, 2.75) is 6.92 Å². The number of fused-ring (bicyclic) bond motifs is 3. The molecule has 0 unspecified atom stereocenters. The van der Waals surface area contributed by atoms with Crippen molar-refractivity contribution in [1.82, 2.24) is 14.5 Å². The zero-order chi connectivity index (χ0) is 16.7. The molecule has 0 aliphatic carbocycles. The first-order chi connectivity index (χ1) is 11.7. The number of nitrogens with zero attached hydrogens (tertiary/aromatic N) is 3. The average Bonchev–Trinajstić information content (AvgIpc) is 2.97. The van der Waals surface area contributed by atoms with Gasteiger partial charge in [-0.15, -0.1) is 11.3 Å². The van der Waals surface area contributed by atoms with Gasteiger partial charge < -0.3 is 10.4 Å². The summed E-state index contributed by atoms with van der Waals surface area (Å²) in [6.45, 7) is 2.80. The molecule has 0 spiro atoms. The van der Waals surface area contributed by atoms with Gasteiger partial charge in [-0.1, -0.05) is 0 Å². The van der Waals surface area contributed by atoms with Gasteiger partial charge in [0.25, 0.3) is 5.56 Å². The summed E-state index contributed by atoms with van der Waals surface area (Å²) in [6.07, 6.45) is 3.25. The van der Waals surface area contributed by atoms with E-state index in [1.54, 1.807) is 30.5 Å². The first kappa shape index (κ1) is 14.6. The maximum atomic E-state index is 12.9. The number of benzene rings is 1. The molecule has 0 saturated heterocycles. The van der Waals surface area contributed by atoms with Gasteiger partial charge in [0.05, 0.1) is 16.6 Å². The third-order valence-electron chi connectivity index (χ3n) is 3.78. The van der Waals surface area contributed by atoms with Crippen LogP contribution in [-0.2, 0) is 0 Å². The molecule has 0 atom stereocenters. The Morgan fingerprint density at radius 2 is 2.00 bits per heavy atom. The Bertz CT molecular complexity index is 1100. The van der Waals surface area contributed by atoms with Crippen molar-refractivity contribution < 1.29 is 5.11 Å². The minimum absolute atomic E-state index is 0.142. The molecule has 0 saturated carbocycles. The van der Waals surface area contributed by atoms with Crippen molar-refractivity contribution in [3.05, 3.63) is 53.2 Å². The molecule has 0 bridgehead atoms. The number of phenols is 1. The van der Waals surface area contributed by atoms with Gasteiger partial charge in [0, 0.05) is 18.4 Å². The molecule has 1 aromatic carbocycles. The minimum Gasteiger partial charge on any atom is -0.508 e. The molecule has 4 rings (SSSR count). The zero-order valence-corrected chi connectivity index (χ0v) is 13.7. The molecule has 3 aromatic heterocycles. The van der Waals surface area contributed by atoms with E-state index >= 15 is 0 Å². The van der Waals surface area contributed by atoms with Crippen LogP contribution in [0.4, 0.5) is 5.69 Å². The number of hydrogen-bond donors (Lipinski definition) is 2. The van der Waals surface area contributed by atoms with Crippen molar-refractivity contribution in [2.24, 2.45) is 0 Å². The number of phenolic OH excluding ortho intramolecular Hbond substituents is 1. The molecular weight excluding hydrogens is 324 g/mol. The summed E-state index contributed by atoms with van der Waals surface area (Å²) < 4.78 is 2.04. The van der Waals surface area contributed by atoms with Gasteiger partial charge in [0.2, 0.25) is 0 Å². The number of nitrogens with one attached hydrogen (secondary N) is 1. The number of pyridine rings is 1. The van der Waals surface area contributed by atoms with E-state index in [0.717, 1.165) is 22.4 Å².